The predicted octanol–water partition coefficient (Wildman–Crippen LogP) is 2.54. The largest absolute Gasteiger partial charge is 0.388 e. The van der Waals surface area contributed by atoms with E-state index in [1.54, 1.807) is 28.6 Å². The van der Waals surface area contributed by atoms with Crippen molar-refractivity contribution in [2.75, 3.05) is 18.9 Å². The first kappa shape index (κ1) is 14.3. The van der Waals surface area contributed by atoms with E-state index in [0.29, 0.717) is 17.4 Å². The monoisotopic (exact) mass is 282 g/mol. The molecule has 106 valence electrons. The van der Waals surface area contributed by atoms with Gasteiger partial charge in [0.15, 0.2) is 0 Å². The Morgan fingerprint density at radius 3 is 2.37 bits per heavy atom. The van der Waals surface area contributed by atoms with Crippen molar-refractivity contribution in [3.8, 4) is 0 Å². The Labute approximate surface area is 115 Å². The summed E-state index contributed by atoms with van der Waals surface area (Å²) >= 11 is 0. The van der Waals surface area contributed by atoms with Gasteiger partial charge in [0, 0.05) is 25.3 Å². The number of piperidine rings is 1. The fourth-order valence-electron chi connectivity index (χ4n) is 2.51. The molecule has 1 aliphatic rings. The van der Waals surface area contributed by atoms with Crippen molar-refractivity contribution in [1.29, 1.82) is 0 Å². The van der Waals surface area contributed by atoms with Gasteiger partial charge in [0.1, 0.15) is 0 Å². The highest BCUT2D eigenvalue weighted by molar-refractivity contribution is 7.89. The SMILES string of the molecule is CNc1ccc(S(=O)(=O)N2CC(C)CCC2C)cc1. The van der Waals surface area contributed by atoms with Crippen LogP contribution < -0.4 is 5.32 Å². The van der Waals surface area contributed by atoms with Crippen LogP contribution in [0, 0.1) is 5.92 Å². The molecule has 1 aliphatic heterocycles. The van der Waals surface area contributed by atoms with E-state index in [2.05, 4.69) is 12.2 Å². The highest BCUT2D eigenvalue weighted by Gasteiger charge is 2.33. The molecule has 0 aromatic heterocycles. The summed E-state index contributed by atoms with van der Waals surface area (Å²) in [5, 5.41) is 2.99. The summed E-state index contributed by atoms with van der Waals surface area (Å²) < 4.78 is 26.9. The number of benzene rings is 1. The van der Waals surface area contributed by atoms with Gasteiger partial charge in [-0.15, -0.1) is 0 Å². The zero-order valence-corrected chi connectivity index (χ0v) is 12.6. The summed E-state index contributed by atoms with van der Waals surface area (Å²) in [6.07, 6.45) is 2.04. The van der Waals surface area contributed by atoms with Gasteiger partial charge in [-0.3, -0.25) is 0 Å². The van der Waals surface area contributed by atoms with Crippen molar-refractivity contribution in [3.63, 3.8) is 0 Å². The molecule has 1 fully saturated rings. The Kier molecular flexibility index (Phi) is 4.16. The third-order valence-electron chi connectivity index (χ3n) is 3.81. The maximum atomic E-state index is 12.6. The molecule has 1 N–H and O–H groups in total. The maximum Gasteiger partial charge on any atom is 0.243 e. The van der Waals surface area contributed by atoms with E-state index in [1.165, 1.54) is 0 Å². The molecule has 2 rings (SSSR count). The van der Waals surface area contributed by atoms with Crippen LogP contribution in [0.5, 0.6) is 0 Å². The molecule has 0 aliphatic carbocycles. The van der Waals surface area contributed by atoms with Gasteiger partial charge in [-0.1, -0.05) is 6.92 Å². The van der Waals surface area contributed by atoms with Crippen LogP contribution in [0.3, 0.4) is 0 Å². The van der Waals surface area contributed by atoms with Gasteiger partial charge >= 0.3 is 0 Å². The smallest absolute Gasteiger partial charge is 0.243 e. The summed E-state index contributed by atoms with van der Waals surface area (Å²) in [5.41, 5.74) is 0.916. The van der Waals surface area contributed by atoms with Gasteiger partial charge in [-0.25, -0.2) is 8.42 Å². The quantitative estimate of drug-likeness (QED) is 0.927. The Morgan fingerprint density at radius 2 is 1.79 bits per heavy atom. The van der Waals surface area contributed by atoms with Crippen LogP contribution in [0.25, 0.3) is 0 Å². The third-order valence-corrected chi connectivity index (χ3v) is 5.80. The number of hydrogen-bond donors (Lipinski definition) is 1. The fraction of sp³-hybridized carbons (Fsp3) is 0.571. The van der Waals surface area contributed by atoms with E-state index >= 15 is 0 Å². The Balaban J connectivity index is 2.29. The number of rotatable bonds is 3. The maximum absolute atomic E-state index is 12.6. The second-order valence-electron chi connectivity index (χ2n) is 5.38. The zero-order valence-electron chi connectivity index (χ0n) is 11.8. The molecule has 1 aromatic carbocycles. The van der Waals surface area contributed by atoms with E-state index in [4.69, 9.17) is 0 Å². The van der Waals surface area contributed by atoms with Crippen molar-refractivity contribution < 1.29 is 8.42 Å². The number of hydrogen-bond acceptors (Lipinski definition) is 3. The number of sulfonamides is 1. The number of nitrogens with one attached hydrogen (secondary N) is 1. The topological polar surface area (TPSA) is 49.4 Å². The second kappa shape index (κ2) is 5.51. The molecule has 4 nitrogen and oxygen atoms in total. The summed E-state index contributed by atoms with van der Waals surface area (Å²) in [4.78, 5) is 0.382. The predicted molar refractivity (Wildman–Crippen MR) is 77.7 cm³/mol. The van der Waals surface area contributed by atoms with Crippen LogP contribution >= 0.6 is 0 Å². The van der Waals surface area contributed by atoms with E-state index in [0.717, 1.165) is 18.5 Å². The molecule has 1 saturated heterocycles. The van der Waals surface area contributed by atoms with Gasteiger partial charge < -0.3 is 5.32 Å². The minimum Gasteiger partial charge on any atom is -0.388 e. The Morgan fingerprint density at radius 1 is 1.16 bits per heavy atom. The van der Waals surface area contributed by atoms with Gasteiger partial charge in [-0.2, -0.15) is 4.31 Å². The Hall–Kier alpha value is -1.07. The molecule has 1 heterocycles. The van der Waals surface area contributed by atoms with E-state index in [-0.39, 0.29) is 6.04 Å². The van der Waals surface area contributed by atoms with Crippen LogP contribution in [0.4, 0.5) is 5.69 Å². The van der Waals surface area contributed by atoms with Crippen molar-refractivity contribution in [2.45, 2.75) is 37.6 Å². The zero-order chi connectivity index (χ0) is 14.0. The molecule has 0 bridgehead atoms. The molecule has 19 heavy (non-hydrogen) atoms. The Bertz CT molecular complexity index is 525. The molecule has 5 heteroatoms. The van der Waals surface area contributed by atoms with E-state index in [9.17, 15) is 8.42 Å². The highest BCUT2D eigenvalue weighted by Crippen LogP contribution is 2.28. The average Bonchev–Trinajstić information content (AvgIpc) is 2.41. The number of anilines is 1. The summed E-state index contributed by atoms with van der Waals surface area (Å²) in [6, 6.07) is 7.03. The van der Waals surface area contributed by atoms with Crippen molar-refractivity contribution >= 4 is 15.7 Å². The first-order chi connectivity index (χ1) is 8.95. The molecular formula is C14H22N2O2S. The average molecular weight is 282 g/mol. The summed E-state index contributed by atoms with van der Waals surface area (Å²) in [7, 11) is -1.55. The van der Waals surface area contributed by atoms with Crippen LogP contribution in [0.2, 0.25) is 0 Å². The summed E-state index contributed by atoms with van der Waals surface area (Å²) in [5.74, 6) is 0.433. The van der Waals surface area contributed by atoms with Crippen LogP contribution in [-0.2, 0) is 10.0 Å². The first-order valence-electron chi connectivity index (χ1n) is 6.75. The van der Waals surface area contributed by atoms with Gasteiger partial charge in [0.25, 0.3) is 0 Å². The lowest BCUT2D eigenvalue weighted by Crippen LogP contribution is -2.44. The van der Waals surface area contributed by atoms with Crippen LogP contribution in [0.15, 0.2) is 29.2 Å². The normalized spacial score (nSPS) is 25.2. The van der Waals surface area contributed by atoms with Crippen molar-refractivity contribution in [2.24, 2.45) is 5.92 Å². The van der Waals surface area contributed by atoms with Crippen LogP contribution in [0.1, 0.15) is 26.7 Å². The minimum absolute atomic E-state index is 0.0881. The lowest BCUT2D eigenvalue weighted by Gasteiger charge is -2.35. The summed E-state index contributed by atoms with van der Waals surface area (Å²) in [6.45, 7) is 4.72. The molecule has 2 unspecified atom stereocenters. The molecule has 1 aromatic rings. The lowest BCUT2D eigenvalue weighted by molar-refractivity contribution is 0.218. The van der Waals surface area contributed by atoms with E-state index in [1.807, 2.05) is 14.0 Å². The number of nitrogens with zero attached hydrogens (tertiary/aromatic N) is 1. The second-order valence-corrected chi connectivity index (χ2v) is 7.27. The van der Waals surface area contributed by atoms with Crippen molar-refractivity contribution in [1.82, 2.24) is 4.31 Å². The highest BCUT2D eigenvalue weighted by atomic mass is 32.2. The lowest BCUT2D eigenvalue weighted by atomic mass is 9.97. The fourth-order valence-corrected chi connectivity index (χ4v) is 4.29. The van der Waals surface area contributed by atoms with Gasteiger partial charge in [0.2, 0.25) is 10.0 Å². The minimum atomic E-state index is -3.36. The molecule has 0 saturated carbocycles. The molecule has 0 spiro atoms. The van der Waals surface area contributed by atoms with Crippen molar-refractivity contribution in [3.05, 3.63) is 24.3 Å². The molecular weight excluding hydrogens is 260 g/mol. The van der Waals surface area contributed by atoms with E-state index < -0.39 is 10.0 Å². The first-order valence-corrected chi connectivity index (χ1v) is 8.19. The third kappa shape index (κ3) is 2.92. The van der Waals surface area contributed by atoms with Gasteiger partial charge in [-0.05, 0) is 49.9 Å². The molecule has 0 radical (unpaired) electrons. The molecule has 2 atom stereocenters. The van der Waals surface area contributed by atoms with Gasteiger partial charge in [0.05, 0.1) is 4.90 Å². The van der Waals surface area contributed by atoms with Crippen LogP contribution in [-0.4, -0.2) is 32.4 Å². The molecule has 0 amide bonds. The standard InChI is InChI=1S/C14H22N2O2S/c1-11-4-5-12(2)16(10-11)19(17,18)14-8-6-13(15-3)7-9-14/h6-9,11-12,15H,4-5,10H2,1-3H3.